The van der Waals surface area contributed by atoms with Crippen LogP contribution in [0.5, 0.6) is 0 Å². The van der Waals surface area contributed by atoms with Crippen molar-refractivity contribution in [2.24, 2.45) is 0 Å². The third-order valence-corrected chi connectivity index (χ3v) is 9.51. The lowest BCUT2D eigenvalue weighted by Crippen LogP contribution is -2.24. The monoisotopic (exact) mass is 280 g/mol. The second-order valence-electron chi connectivity index (χ2n) is 5.45. The molecule has 1 aliphatic heterocycles. The van der Waals surface area contributed by atoms with Crippen molar-refractivity contribution in [2.75, 3.05) is 19.0 Å². The molecule has 1 heterocycles. The first kappa shape index (κ1) is 14.5. The highest BCUT2D eigenvalue weighted by Gasteiger charge is 2.26. The van der Waals surface area contributed by atoms with Crippen LogP contribution in [-0.2, 0) is 0 Å². The average Bonchev–Trinajstić information content (AvgIpc) is 2.82. The van der Waals surface area contributed by atoms with Crippen molar-refractivity contribution in [1.82, 2.24) is 0 Å². The standard InChI is InChI=1S/C16H26P2/c1-4-5-12-17(3)15-10-6-7-11-16(15)18-13-8-9-14(18)2/h6-7,10-11,14H,4-5,8-9,12-13H2,1-3H3. The number of benzene rings is 1. The lowest BCUT2D eigenvalue weighted by molar-refractivity contribution is 0.836. The maximum Gasteiger partial charge on any atom is -0.0161 e. The molecule has 0 N–H and O–H groups in total. The fraction of sp³-hybridized carbons (Fsp3) is 0.625. The van der Waals surface area contributed by atoms with Gasteiger partial charge in [-0.2, -0.15) is 0 Å². The molecule has 3 unspecified atom stereocenters. The number of hydrogen-bond acceptors (Lipinski definition) is 0. The molecule has 18 heavy (non-hydrogen) atoms. The first-order chi connectivity index (χ1) is 8.74. The Bertz CT molecular complexity index is 375. The van der Waals surface area contributed by atoms with Crippen LogP contribution in [0.1, 0.15) is 39.5 Å². The van der Waals surface area contributed by atoms with Crippen molar-refractivity contribution >= 4 is 26.5 Å². The van der Waals surface area contributed by atoms with Crippen LogP contribution in [0.2, 0.25) is 0 Å². The van der Waals surface area contributed by atoms with E-state index < -0.39 is 0 Å². The van der Waals surface area contributed by atoms with E-state index in [4.69, 9.17) is 0 Å². The van der Waals surface area contributed by atoms with Gasteiger partial charge in [0.15, 0.2) is 0 Å². The molecule has 0 spiro atoms. The summed E-state index contributed by atoms with van der Waals surface area (Å²) in [6, 6.07) is 9.37. The van der Waals surface area contributed by atoms with Crippen molar-refractivity contribution in [2.45, 2.75) is 45.2 Å². The van der Waals surface area contributed by atoms with Crippen molar-refractivity contribution in [3.63, 3.8) is 0 Å². The van der Waals surface area contributed by atoms with E-state index in [1.807, 2.05) is 0 Å². The molecule has 0 amide bonds. The number of unbranched alkanes of at least 4 members (excludes halogenated alkanes) is 1. The van der Waals surface area contributed by atoms with E-state index in [0.717, 1.165) is 5.66 Å². The summed E-state index contributed by atoms with van der Waals surface area (Å²) in [4.78, 5) is 0. The minimum atomic E-state index is 0.0787. The molecule has 2 rings (SSSR count). The molecule has 1 saturated heterocycles. The van der Waals surface area contributed by atoms with Crippen LogP contribution in [0.15, 0.2) is 24.3 Å². The van der Waals surface area contributed by atoms with Crippen LogP contribution in [0, 0.1) is 0 Å². The summed E-state index contributed by atoms with van der Waals surface area (Å²) in [6.45, 7) is 7.26. The first-order valence-corrected chi connectivity index (χ1v) is 10.9. The minimum Gasteiger partial charge on any atom is -0.0778 e. The Labute approximate surface area is 115 Å². The van der Waals surface area contributed by atoms with Crippen LogP contribution in [-0.4, -0.2) is 24.6 Å². The smallest absolute Gasteiger partial charge is 0.0161 e. The van der Waals surface area contributed by atoms with Gasteiger partial charge in [0.2, 0.25) is 0 Å². The van der Waals surface area contributed by atoms with Gasteiger partial charge >= 0.3 is 0 Å². The van der Waals surface area contributed by atoms with Gasteiger partial charge in [-0.15, -0.1) is 0 Å². The van der Waals surface area contributed by atoms with E-state index in [1.165, 1.54) is 38.0 Å². The Morgan fingerprint density at radius 1 is 1.33 bits per heavy atom. The molecule has 3 atom stereocenters. The van der Waals surface area contributed by atoms with Crippen molar-refractivity contribution in [3.05, 3.63) is 24.3 Å². The molecule has 0 radical (unpaired) electrons. The molecule has 1 aliphatic rings. The highest BCUT2D eigenvalue weighted by Crippen LogP contribution is 2.49. The van der Waals surface area contributed by atoms with Crippen LogP contribution < -0.4 is 10.6 Å². The second-order valence-corrected chi connectivity index (χ2v) is 10.5. The van der Waals surface area contributed by atoms with Crippen molar-refractivity contribution in [1.29, 1.82) is 0 Å². The maximum absolute atomic E-state index is 2.49. The summed E-state index contributed by atoms with van der Waals surface area (Å²) < 4.78 is 0. The fourth-order valence-corrected chi connectivity index (χ4v) is 8.39. The summed E-state index contributed by atoms with van der Waals surface area (Å²) in [7, 11) is 0.225. The van der Waals surface area contributed by atoms with Gasteiger partial charge in [-0.3, -0.25) is 0 Å². The Hall–Kier alpha value is 0.0800. The molecule has 1 aromatic carbocycles. The number of rotatable bonds is 5. The highest BCUT2D eigenvalue weighted by molar-refractivity contribution is 7.72. The third kappa shape index (κ3) is 3.34. The average molecular weight is 280 g/mol. The molecule has 0 saturated carbocycles. The van der Waals surface area contributed by atoms with Gasteiger partial charge in [-0.05, 0) is 54.5 Å². The van der Waals surface area contributed by atoms with Gasteiger partial charge in [0.25, 0.3) is 0 Å². The predicted molar refractivity (Wildman–Crippen MR) is 88.8 cm³/mol. The first-order valence-electron chi connectivity index (χ1n) is 7.31. The molecule has 1 fully saturated rings. The molecule has 0 nitrogen and oxygen atoms in total. The molecule has 0 aromatic heterocycles. The Kier molecular flexibility index (Phi) is 5.65. The van der Waals surface area contributed by atoms with Gasteiger partial charge in [-0.25, -0.2) is 0 Å². The lowest BCUT2D eigenvalue weighted by atomic mass is 10.3. The Morgan fingerprint density at radius 3 is 2.78 bits per heavy atom. The van der Waals surface area contributed by atoms with E-state index in [2.05, 4.69) is 44.8 Å². The lowest BCUT2D eigenvalue weighted by Gasteiger charge is -2.23. The molecule has 1 aromatic rings. The van der Waals surface area contributed by atoms with Crippen LogP contribution in [0.25, 0.3) is 0 Å². The number of hydrogen-bond donors (Lipinski definition) is 0. The maximum atomic E-state index is 2.49. The van der Waals surface area contributed by atoms with E-state index >= 15 is 0 Å². The van der Waals surface area contributed by atoms with Crippen LogP contribution in [0.4, 0.5) is 0 Å². The molecular weight excluding hydrogens is 254 g/mol. The molecule has 0 bridgehead atoms. The van der Waals surface area contributed by atoms with Crippen LogP contribution >= 0.6 is 15.8 Å². The van der Waals surface area contributed by atoms with Gasteiger partial charge in [-0.1, -0.05) is 60.4 Å². The normalized spacial score (nSPS) is 25.3. The van der Waals surface area contributed by atoms with Gasteiger partial charge in [0.1, 0.15) is 0 Å². The van der Waals surface area contributed by atoms with Gasteiger partial charge in [0.05, 0.1) is 0 Å². The Morgan fingerprint density at radius 2 is 2.11 bits per heavy atom. The zero-order valence-electron chi connectivity index (χ0n) is 12.0. The topological polar surface area (TPSA) is 0 Å². The van der Waals surface area contributed by atoms with E-state index in [9.17, 15) is 0 Å². The summed E-state index contributed by atoms with van der Waals surface area (Å²) >= 11 is 0. The van der Waals surface area contributed by atoms with E-state index in [-0.39, 0.29) is 15.8 Å². The van der Waals surface area contributed by atoms with E-state index in [1.54, 1.807) is 10.6 Å². The summed E-state index contributed by atoms with van der Waals surface area (Å²) in [5, 5.41) is 3.48. The van der Waals surface area contributed by atoms with Crippen molar-refractivity contribution < 1.29 is 0 Å². The third-order valence-electron chi connectivity index (χ3n) is 4.00. The Balaban J connectivity index is 2.19. The van der Waals surface area contributed by atoms with E-state index in [0.29, 0.717) is 0 Å². The predicted octanol–water partition coefficient (Wildman–Crippen LogP) is 4.51. The zero-order valence-corrected chi connectivity index (χ0v) is 13.8. The SMILES string of the molecule is CCCCP(C)c1ccccc1P1CCCC1C. The van der Waals surface area contributed by atoms with Gasteiger partial charge < -0.3 is 0 Å². The summed E-state index contributed by atoms with van der Waals surface area (Å²) in [6.07, 6.45) is 8.53. The molecule has 2 heteroatoms. The zero-order chi connectivity index (χ0) is 13.0. The second kappa shape index (κ2) is 7.02. The van der Waals surface area contributed by atoms with Crippen LogP contribution in [0.3, 0.4) is 0 Å². The minimum absolute atomic E-state index is 0.0787. The quantitative estimate of drug-likeness (QED) is 0.696. The van der Waals surface area contributed by atoms with Gasteiger partial charge in [0, 0.05) is 0 Å². The fourth-order valence-electron chi connectivity index (χ4n) is 2.84. The summed E-state index contributed by atoms with van der Waals surface area (Å²) in [5.41, 5.74) is 0.954. The molecule has 0 aliphatic carbocycles. The van der Waals surface area contributed by atoms with Crippen molar-refractivity contribution in [3.8, 4) is 0 Å². The summed E-state index contributed by atoms with van der Waals surface area (Å²) in [5.74, 6) is 0. The highest BCUT2D eigenvalue weighted by atomic mass is 31.1. The molecule has 100 valence electrons. The largest absolute Gasteiger partial charge is 0.0778 e. The molecular formula is C16H26P2.